The first-order valence-electron chi connectivity index (χ1n) is 9.37. The zero-order chi connectivity index (χ0) is 18.9. The second-order valence-electron chi connectivity index (χ2n) is 6.62. The van der Waals surface area contributed by atoms with Gasteiger partial charge in [0.15, 0.2) is 5.96 Å². The van der Waals surface area contributed by atoms with Crippen LogP contribution in [0.2, 0.25) is 0 Å². The number of hydrogen-bond donors (Lipinski definition) is 1. The number of pyridine rings is 1. The number of carbonyl (C=O) groups is 1. The Morgan fingerprint density at radius 2 is 2.22 bits per heavy atom. The van der Waals surface area contributed by atoms with Gasteiger partial charge < -0.3 is 19.9 Å². The maximum absolute atomic E-state index is 12.1. The van der Waals surface area contributed by atoms with E-state index in [2.05, 4.69) is 22.1 Å². The van der Waals surface area contributed by atoms with Gasteiger partial charge in [0, 0.05) is 39.9 Å². The molecule has 1 atom stereocenters. The molecule has 1 unspecified atom stereocenters. The van der Waals surface area contributed by atoms with Crippen LogP contribution in [0.3, 0.4) is 0 Å². The van der Waals surface area contributed by atoms with Crippen molar-refractivity contribution in [3.63, 3.8) is 0 Å². The lowest BCUT2D eigenvalue weighted by atomic mass is 9.98. The van der Waals surface area contributed by atoms with Crippen molar-refractivity contribution in [3.8, 4) is 0 Å². The molecule has 1 N–H and O–H groups in total. The number of guanidine groups is 1. The highest BCUT2D eigenvalue weighted by molar-refractivity contribution is 14.0. The third-order valence-electron chi connectivity index (χ3n) is 4.36. The summed E-state index contributed by atoms with van der Waals surface area (Å²) >= 11 is 0. The molecule has 0 amide bonds. The van der Waals surface area contributed by atoms with Crippen LogP contribution in [0, 0.1) is 5.92 Å². The molecule has 0 aromatic carbocycles. The van der Waals surface area contributed by atoms with E-state index in [1.54, 1.807) is 0 Å². The molecule has 2 heterocycles. The number of nitrogens with zero attached hydrogens (tertiary/aromatic N) is 4. The van der Waals surface area contributed by atoms with Gasteiger partial charge in [-0.1, -0.05) is 0 Å². The van der Waals surface area contributed by atoms with Crippen molar-refractivity contribution in [2.24, 2.45) is 10.9 Å². The lowest BCUT2D eigenvalue weighted by Gasteiger charge is -2.34. The summed E-state index contributed by atoms with van der Waals surface area (Å²) in [5.74, 6) is 1.60. The first-order chi connectivity index (χ1) is 12.5. The summed E-state index contributed by atoms with van der Waals surface area (Å²) in [4.78, 5) is 25.4. The van der Waals surface area contributed by atoms with Crippen molar-refractivity contribution < 1.29 is 9.53 Å². The van der Waals surface area contributed by atoms with Gasteiger partial charge in [-0.25, -0.2) is 9.98 Å². The molecule has 1 fully saturated rings. The van der Waals surface area contributed by atoms with Crippen molar-refractivity contribution in [2.75, 3.05) is 45.2 Å². The second kappa shape index (κ2) is 12.0. The fraction of sp³-hybridized carbons (Fsp3) is 0.632. The fourth-order valence-corrected chi connectivity index (χ4v) is 3.02. The number of nitrogens with one attached hydrogen (secondary N) is 1. The molecule has 152 valence electrons. The minimum absolute atomic E-state index is 0. The Bertz CT molecular complexity index is 624. The van der Waals surface area contributed by atoms with E-state index in [0.29, 0.717) is 19.7 Å². The molecule has 1 aromatic rings. The van der Waals surface area contributed by atoms with Gasteiger partial charge in [0.25, 0.3) is 0 Å². The minimum atomic E-state index is -0.0993. The summed E-state index contributed by atoms with van der Waals surface area (Å²) in [6.45, 7) is 7.26. The van der Waals surface area contributed by atoms with Crippen molar-refractivity contribution in [2.45, 2.75) is 33.2 Å². The number of ether oxygens (including phenoxy) is 1. The highest BCUT2D eigenvalue weighted by atomic mass is 127. The molecule has 0 saturated carbocycles. The van der Waals surface area contributed by atoms with E-state index in [1.807, 2.05) is 44.2 Å². The van der Waals surface area contributed by atoms with Crippen molar-refractivity contribution in [1.82, 2.24) is 15.2 Å². The van der Waals surface area contributed by atoms with E-state index in [4.69, 9.17) is 9.73 Å². The van der Waals surface area contributed by atoms with Gasteiger partial charge in [0.2, 0.25) is 0 Å². The van der Waals surface area contributed by atoms with E-state index in [-0.39, 0.29) is 35.9 Å². The number of carbonyl (C=O) groups excluding carboxylic acids is 1. The summed E-state index contributed by atoms with van der Waals surface area (Å²) in [5.41, 5.74) is 1.11. The Balaban J connectivity index is 0.00000364. The van der Waals surface area contributed by atoms with Crippen LogP contribution in [-0.2, 0) is 16.1 Å². The number of aliphatic imine (C=N–C) groups is 1. The van der Waals surface area contributed by atoms with Crippen LogP contribution in [0.4, 0.5) is 5.82 Å². The van der Waals surface area contributed by atoms with Crippen LogP contribution in [0.25, 0.3) is 0 Å². The monoisotopic (exact) mass is 489 g/mol. The van der Waals surface area contributed by atoms with Crippen molar-refractivity contribution in [3.05, 3.63) is 23.9 Å². The molecule has 2 rings (SSSR count). The maximum atomic E-state index is 12.1. The molecule has 8 heteroatoms. The Morgan fingerprint density at radius 1 is 1.44 bits per heavy atom. The first-order valence-corrected chi connectivity index (χ1v) is 9.37. The van der Waals surface area contributed by atoms with E-state index in [0.717, 1.165) is 43.3 Å². The zero-order valence-electron chi connectivity index (χ0n) is 16.8. The largest absolute Gasteiger partial charge is 0.466 e. The Morgan fingerprint density at radius 3 is 2.89 bits per heavy atom. The molecule has 1 saturated heterocycles. The lowest BCUT2D eigenvalue weighted by molar-refractivity contribution is -0.149. The van der Waals surface area contributed by atoms with Crippen molar-refractivity contribution in [1.29, 1.82) is 0 Å². The predicted molar refractivity (Wildman–Crippen MR) is 120 cm³/mol. The summed E-state index contributed by atoms with van der Waals surface area (Å²) in [7, 11) is 3.95. The third-order valence-corrected chi connectivity index (χ3v) is 4.36. The number of likely N-dealkylation sites (tertiary alicyclic amines) is 1. The van der Waals surface area contributed by atoms with Gasteiger partial charge >= 0.3 is 5.97 Å². The number of halogens is 1. The number of aromatic nitrogens is 1. The lowest BCUT2D eigenvalue weighted by Crippen LogP contribution is -2.48. The second-order valence-corrected chi connectivity index (χ2v) is 6.62. The van der Waals surface area contributed by atoms with Gasteiger partial charge in [0.1, 0.15) is 5.82 Å². The van der Waals surface area contributed by atoms with Crippen molar-refractivity contribution >= 4 is 41.7 Å². The van der Waals surface area contributed by atoms with E-state index >= 15 is 0 Å². The summed E-state index contributed by atoms with van der Waals surface area (Å²) < 4.78 is 5.20. The van der Waals surface area contributed by atoms with Gasteiger partial charge in [-0.2, -0.15) is 0 Å². The maximum Gasteiger partial charge on any atom is 0.310 e. The summed E-state index contributed by atoms with van der Waals surface area (Å²) in [6.07, 6.45) is 3.66. The third kappa shape index (κ3) is 7.15. The molecule has 27 heavy (non-hydrogen) atoms. The number of esters is 1. The van der Waals surface area contributed by atoms with Crippen LogP contribution in [-0.4, -0.2) is 62.1 Å². The van der Waals surface area contributed by atoms with Crippen LogP contribution < -0.4 is 10.2 Å². The molecule has 7 nitrogen and oxygen atoms in total. The predicted octanol–water partition coefficient (Wildman–Crippen LogP) is 2.51. The number of hydrogen-bond acceptors (Lipinski definition) is 5. The molecule has 0 bridgehead atoms. The van der Waals surface area contributed by atoms with Gasteiger partial charge in [-0.05, 0) is 44.4 Å². The van der Waals surface area contributed by atoms with Gasteiger partial charge in [-0.15, -0.1) is 24.0 Å². The highest BCUT2D eigenvalue weighted by Gasteiger charge is 2.28. The minimum Gasteiger partial charge on any atom is -0.466 e. The first kappa shape index (κ1) is 23.5. The normalized spacial score (nSPS) is 17.1. The van der Waals surface area contributed by atoms with Gasteiger partial charge in [0.05, 0.1) is 19.1 Å². The highest BCUT2D eigenvalue weighted by Crippen LogP contribution is 2.18. The average Bonchev–Trinajstić information content (AvgIpc) is 2.65. The number of piperidine rings is 1. The zero-order valence-corrected chi connectivity index (χ0v) is 19.1. The van der Waals surface area contributed by atoms with E-state index < -0.39 is 0 Å². The summed E-state index contributed by atoms with van der Waals surface area (Å²) in [6, 6.07) is 4.03. The topological polar surface area (TPSA) is 70.1 Å². The molecule has 1 aliphatic rings. The molecular formula is C19H32IN5O2. The molecular weight excluding hydrogens is 457 g/mol. The van der Waals surface area contributed by atoms with Crippen LogP contribution >= 0.6 is 24.0 Å². The molecule has 1 aromatic heterocycles. The molecule has 0 spiro atoms. The Hall–Kier alpha value is -1.58. The van der Waals surface area contributed by atoms with E-state index in [1.165, 1.54) is 0 Å². The Labute approximate surface area is 179 Å². The van der Waals surface area contributed by atoms with E-state index in [9.17, 15) is 4.79 Å². The quantitative estimate of drug-likeness (QED) is 0.287. The SMILES string of the molecule is CCNC(=NCc1ccnc(N(C)C)c1)N1CCCC(C(=O)OCC)C1.I. The standard InChI is InChI=1S/C19H31N5O2.HI/c1-5-20-19(22-13-15-9-10-21-17(12-15)23(3)4)24-11-7-8-16(14-24)18(25)26-6-2;/h9-10,12,16H,5-8,11,13-14H2,1-4H3,(H,20,22);1H. The number of rotatable bonds is 6. The van der Waals surface area contributed by atoms with Crippen LogP contribution in [0.5, 0.6) is 0 Å². The molecule has 0 aliphatic carbocycles. The number of anilines is 1. The smallest absolute Gasteiger partial charge is 0.310 e. The summed E-state index contributed by atoms with van der Waals surface area (Å²) in [5, 5.41) is 3.35. The molecule has 0 radical (unpaired) electrons. The molecule has 1 aliphatic heterocycles. The Kier molecular flexibility index (Phi) is 10.4. The average molecular weight is 489 g/mol. The van der Waals surface area contributed by atoms with Crippen LogP contribution in [0.15, 0.2) is 23.3 Å². The van der Waals surface area contributed by atoms with Crippen LogP contribution in [0.1, 0.15) is 32.3 Å². The fourth-order valence-electron chi connectivity index (χ4n) is 3.02. The van der Waals surface area contributed by atoms with Gasteiger partial charge in [-0.3, -0.25) is 4.79 Å².